The first-order valence-corrected chi connectivity index (χ1v) is 19.3. The van der Waals surface area contributed by atoms with Gasteiger partial charge in [-0.1, -0.05) is 103 Å². The molecule has 0 radical (unpaired) electrons. The molecule has 3 heteroatoms. The van der Waals surface area contributed by atoms with Crippen molar-refractivity contribution in [1.29, 1.82) is 0 Å². The van der Waals surface area contributed by atoms with Crippen molar-refractivity contribution in [2.75, 3.05) is 0 Å². The zero-order valence-corrected chi connectivity index (χ0v) is 34.2. The second-order valence-electron chi connectivity index (χ2n) is 17.1. The van der Waals surface area contributed by atoms with Crippen molar-refractivity contribution in [3.63, 3.8) is 0 Å². The summed E-state index contributed by atoms with van der Waals surface area (Å²) in [6.07, 6.45) is 19.6. The van der Waals surface area contributed by atoms with Crippen molar-refractivity contribution in [2.45, 2.75) is 111 Å². The van der Waals surface area contributed by atoms with Crippen molar-refractivity contribution in [1.82, 2.24) is 0 Å². The van der Waals surface area contributed by atoms with Crippen LogP contribution in [0.3, 0.4) is 0 Å². The minimum absolute atomic E-state index is 0. The van der Waals surface area contributed by atoms with Crippen molar-refractivity contribution in [2.24, 2.45) is 29.1 Å². The van der Waals surface area contributed by atoms with Gasteiger partial charge in [0.05, 0.1) is 0 Å². The molecule has 4 saturated carbocycles. The van der Waals surface area contributed by atoms with E-state index in [0.29, 0.717) is 11.3 Å². The molecule has 0 nitrogen and oxygen atoms in total. The Morgan fingerprint density at radius 1 is 0.792 bits per heavy atom. The van der Waals surface area contributed by atoms with Crippen LogP contribution in [0, 0.1) is 41.2 Å². The molecule has 0 N–H and O–H groups in total. The number of halogens is 2. The van der Waals surface area contributed by atoms with Gasteiger partial charge in [0.15, 0.2) is 0 Å². The molecule has 1 atom stereocenters. The quantitative estimate of drug-likeness (QED) is 0.247. The summed E-state index contributed by atoms with van der Waals surface area (Å²) >= 11 is 1.51. The molecule has 3 aromatic carbocycles. The molecule has 3 aromatic rings. The third-order valence-corrected chi connectivity index (χ3v) is 11.7. The first-order chi connectivity index (χ1) is 21.8. The van der Waals surface area contributed by atoms with Crippen LogP contribution in [-0.2, 0) is 47.9 Å². The molecular formula is C45H54Cl2Zr-2. The normalized spacial score (nSPS) is 25.6. The third-order valence-electron chi connectivity index (χ3n) is 11.2. The fourth-order valence-electron chi connectivity index (χ4n) is 9.14. The van der Waals surface area contributed by atoms with E-state index < -0.39 is 0 Å². The predicted octanol–water partition coefficient (Wildman–Crippen LogP) is 5.38. The summed E-state index contributed by atoms with van der Waals surface area (Å²) in [5.74, 6) is 3.77. The van der Waals surface area contributed by atoms with E-state index in [1.165, 1.54) is 82.4 Å². The fourth-order valence-corrected chi connectivity index (χ4v) is 9.72. The number of allylic oxidation sites excluding steroid dienone is 4. The van der Waals surface area contributed by atoms with E-state index in [-0.39, 0.29) is 35.6 Å². The molecular weight excluding hydrogens is 703 g/mol. The van der Waals surface area contributed by atoms with E-state index in [1.54, 1.807) is 24.8 Å². The molecule has 0 aliphatic heterocycles. The Morgan fingerprint density at radius 3 is 1.92 bits per heavy atom. The van der Waals surface area contributed by atoms with Crippen molar-refractivity contribution in [3.05, 3.63) is 118 Å². The first-order valence-electron chi connectivity index (χ1n) is 17.9. The molecule has 4 fully saturated rings. The molecule has 0 spiro atoms. The maximum absolute atomic E-state index is 3.67. The summed E-state index contributed by atoms with van der Waals surface area (Å²) in [4.78, 5) is 0. The monoisotopic (exact) mass is 754 g/mol. The SMILES string of the molecule is CC(C)(C)c1[c-]c2c(cc1)-c1ccc(C(C)(C)C)cc1C2.CC1[C-]=CC(C23CC4CC(CC(C4)C2)C3)=C1.[Cl-].[Cl-].[Zr+2]=[CH]Cc1ccccc1. The Hall–Kier alpha value is -1.53. The van der Waals surface area contributed by atoms with E-state index in [4.69, 9.17) is 0 Å². The van der Waals surface area contributed by atoms with Gasteiger partial charge in [-0.3, -0.25) is 6.08 Å². The zero-order chi connectivity index (χ0) is 32.7. The first kappa shape index (κ1) is 39.3. The van der Waals surface area contributed by atoms with Crippen LogP contribution in [0.25, 0.3) is 11.1 Å². The van der Waals surface area contributed by atoms with Crippen molar-refractivity contribution in [3.8, 4) is 11.1 Å². The Kier molecular flexibility index (Phi) is 12.9. The molecule has 48 heavy (non-hydrogen) atoms. The van der Waals surface area contributed by atoms with Crippen molar-refractivity contribution >= 4 is 3.71 Å². The third kappa shape index (κ3) is 8.85. The van der Waals surface area contributed by atoms with Gasteiger partial charge >= 0.3 is 70.3 Å². The molecule has 0 heterocycles. The van der Waals surface area contributed by atoms with Gasteiger partial charge in [-0.15, -0.1) is 11.1 Å². The van der Waals surface area contributed by atoms with Crippen LogP contribution in [-0.4, -0.2) is 3.71 Å². The molecule has 0 aromatic heterocycles. The van der Waals surface area contributed by atoms with Crippen LogP contribution in [0.4, 0.5) is 0 Å². The van der Waals surface area contributed by atoms with Crippen molar-refractivity contribution < 1.29 is 49.0 Å². The minimum atomic E-state index is 0. The van der Waals surface area contributed by atoms with Gasteiger partial charge in [0.2, 0.25) is 0 Å². The van der Waals surface area contributed by atoms with Crippen LogP contribution in [0.5, 0.6) is 0 Å². The van der Waals surface area contributed by atoms with Gasteiger partial charge in [-0.2, -0.15) is 35.4 Å². The number of rotatable bonds is 3. The molecule has 254 valence electrons. The van der Waals surface area contributed by atoms with E-state index >= 15 is 0 Å². The Morgan fingerprint density at radius 2 is 1.40 bits per heavy atom. The van der Waals surface area contributed by atoms with E-state index in [1.807, 2.05) is 6.07 Å². The molecule has 1 unspecified atom stereocenters. The molecule has 0 amide bonds. The summed E-state index contributed by atoms with van der Waals surface area (Å²) < 4.78 is 2.25. The van der Waals surface area contributed by atoms with Gasteiger partial charge in [0, 0.05) is 0 Å². The zero-order valence-electron chi connectivity index (χ0n) is 30.2. The maximum atomic E-state index is 3.67. The Balaban J connectivity index is 0.000000171. The summed E-state index contributed by atoms with van der Waals surface area (Å²) in [5, 5.41) is 0. The van der Waals surface area contributed by atoms with Gasteiger partial charge < -0.3 is 24.8 Å². The van der Waals surface area contributed by atoms with E-state index in [2.05, 4.69) is 131 Å². The molecule has 6 aliphatic carbocycles. The van der Waals surface area contributed by atoms with E-state index in [0.717, 1.165) is 30.6 Å². The summed E-state index contributed by atoms with van der Waals surface area (Å²) in [7, 11) is 0. The average molecular weight is 757 g/mol. The average Bonchev–Trinajstić information content (AvgIpc) is 3.60. The van der Waals surface area contributed by atoms with Crippen LogP contribution < -0.4 is 24.8 Å². The van der Waals surface area contributed by atoms with Gasteiger partial charge in [-0.05, 0) is 65.4 Å². The van der Waals surface area contributed by atoms with Gasteiger partial charge in [0.1, 0.15) is 0 Å². The van der Waals surface area contributed by atoms with Crippen LogP contribution in [0.2, 0.25) is 0 Å². The Bertz CT molecular complexity index is 1520. The molecule has 4 bridgehead atoms. The molecule has 9 rings (SSSR count). The topological polar surface area (TPSA) is 0 Å². The number of hydrogen-bond acceptors (Lipinski definition) is 0. The number of hydrogen-bond donors (Lipinski definition) is 0. The van der Waals surface area contributed by atoms with Gasteiger partial charge in [-0.25, -0.2) is 6.08 Å². The standard InChI is InChI=1S/C21H25.C16H21.C8H8.2ClH.Zr/c1-20(2,3)16-7-9-18-14(12-16)11-15-13-17(21(4,5)6)8-10-19(15)18;1-11-2-3-15(4-11)16-8-12-5-13(9-16)7-14(6-12)10-16;1-2-8-6-4-3-5-7-8;;;/h7-10,12H,11H2,1-6H3;3-4,11-14H,5-10H2,1H3;1,3-7H,2H2;2*1H;/q2*-1;;;;+2/p-2. The van der Waals surface area contributed by atoms with Crippen LogP contribution >= 0.6 is 0 Å². The number of benzene rings is 3. The van der Waals surface area contributed by atoms with E-state index in [9.17, 15) is 0 Å². The van der Waals surface area contributed by atoms with Crippen LogP contribution in [0.15, 0.2) is 78.4 Å². The van der Waals surface area contributed by atoms with Gasteiger partial charge in [0.25, 0.3) is 0 Å². The predicted molar refractivity (Wildman–Crippen MR) is 193 cm³/mol. The molecule has 0 saturated heterocycles. The Labute approximate surface area is 319 Å². The summed E-state index contributed by atoms with van der Waals surface area (Å²) in [5.41, 5.74) is 12.4. The second kappa shape index (κ2) is 15.8. The number of fused-ring (bicyclic) bond motifs is 3. The fraction of sp³-hybridized carbons (Fsp3) is 0.489. The second-order valence-corrected chi connectivity index (χ2v) is 18.1. The molecule has 6 aliphatic rings. The van der Waals surface area contributed by atoms with Crippen LogP contribution in [0.1, 0.15) is 115 Å². The summed E-state index contributed by atoms with van der Waals surface area (Å²) in [6.45, 7) is 15.9. The summed E-state index contributed by atoms with van der Waals surface area (Å²) in [6, 6.07) is 25.7.